The summed E-state index contributed by atoms with van der Waals surface area (Å²) in [6, 6.07) is 14.7. The van der Waals surface area contributed by atoms with Crippen LogP contribution in [0.5, 0.6) is 11.5 Å². The van der Waals surface area contributed by atoms with Gasteiger partial charge in [-0.2, -0.15) is 0 Å². The Kier molecular flexibility index (Phi) is 9.19. The van der Waals surface area contributed by atoms with Gasteiger partial charge in [-0.05, 0) is 88.0 Å². The number of likely N-dealkylation sites (tertiary alicyclic amines) is 2. The average molecular weight is 471 g/mol. The van der Waals surface area contributed by atoms with Crippen molar-refractivity contribution in [2.75, 3.05) is 45.9 Å². The molecule has 0 aromatic heterocycles. The molecule has 2 aromatic rings. The minimum absolute atomic E-state index is 0.114. The zero-order chi connectivity index (χ0) is 23.6. The molecule has 1 atom stereocenters. The number of rotatable bonds is 10. The first-order valence-corrected chi connectivity index (χ1v) is 12.9. The van der Waals surface area contributed by atoms with Crippen molar-refractivity contribution in [3.63, 3.8) is 0 Å². The Labute approximate surface area is 203 Å². The molecule has 4 rings (SSSR count). The van der Waals surface area contributed by atoms with Crippen molar-refractivity contribution >= 4 is 0 Å². The van der Waals surface area contributed by atoms with Crippen molar-refractivity contribution in [3.8, 4) is 11.5 Å². The number of nitrogens with zero attached hydrogens (tertiary/aromatic N) is 2. The molecular weight excluding hydrogens is 431 g/mol. The Balaban J connectivity index is 1.21. The molecule has 2 heterocycles. The van der Waals surface area contributed by atoms with Crippen LogP contribution in [-0.2, 0) is 6.54 Å². The van der Waals surface area contributed by atoms with Gasteiger partial charge in [-0.3, -0.25) is 4.90 Å². The summed E-state index contributed by atoms with van der Waals surface area (Å²) in [5, 5.41) is 11.0. The first-order chi connectivity index (χ1) is 16.6. The van der Waals surface area contributed by atoms with Crippen LogP contribution in [0.15, 0.2) is 48.5 Å². The second-order valence-electron chi connectivity index (χ2n) is 9.82. The van der Waals surface area contributed by atoms with Gasteiger partial charge in [0.15, 0.2) is 11.6 Å². The van der Waals surface area contributed by atoms with E-state index in [1.54, 1.807) is 18.2 Å². The smallest absolute Gasteiger partial charge is 0.165 e. The van der Waals surface area contributed by atoms with Crippen LogP contribution in [0.1, 0.15) is 50.5 Å². The third-order valence-corrected chi connectivity index (χ3v) is 6.98. The van der Waals surface area contributed by atoms with Crippen LogP contribution in [0.2, 0.25) is 0 Å². The molecule has 2 aliphatic heterocycles. The number of piperidine rings is 1. The van der Waals surface area contributed by atoms with E-state index in [0.29, 0.717) is 12.8 Å². The summed E-state index contributed by atoms with van der Waals surface area (Å²) < 4.78 is 25.5. The maximum Gasteiger partial charge on any atom is 0.165 e. The second-order valence-corrected chi connectivity index (χ2v) is 9.82. The van der Waals surface area contributed by atoms with E-state index in [9.17, 15) is 9.50 Å². The zero-order valence-corrected chi connectivity index (χ0v) is 20.3. The van der Waals surface area contributed by atoms with Crippen LogP contribution in [0, 0.1) is 5.82 Å². The lowest BCUT2D eigenvalue weighted by atomic mass is 9.96. The molecule has 0 aliphatic carbocycles. The molecule has 6 heteroatoms. The van der Waals surface area contributed by atoms with Crippen LogP contribution in [0.3, 0.4) is 0 Å². The highest BCUT2D eigenvalue weighted by Gasteiger charge is 2.31. The van der Waals surface area contributed by atoms with E-state index in [4.69, 9.17) is 9.47 Å². The predicted molar refractivity (Wildman–Crippen MR) is 133 cm³/mol. The van der Waals surface area contributed by atoms with Crippen molar-refractivity contribution in [1.29, 1.82) is 0 Å². The molecule has 2 saturated heterocycles. The Bertz CT molecular complexity index is 889. The van der Waals surface area contributed by atoms with Gasteiger partial charge in [0, 0.05) is 19.6 Å². The first kappa shape index (κ1) is 25.0. The highest BCUT2D eigenvalue weighted by atomic mass is 19.1. The normalized spacial score (nSPS) is 22.3. The van der Waals surface area contributed by atoms with Crippen molar-refractivity contribution in [1.82, 2.24) is 9.80 Å². The SMILES string of the molecule is O[C@]1(COc2ccccc2F)CCCN(Cc2cccc(OCCCN3CCCCC3)c2)CC1. The van der Waals surface area contributed by atoms with Gasteiger partial charge in [-0.25, -0.2) is 4.39 Å². The van der Waals surface area contributed by atoms with Gasteiger partial charge in [0.05, 0.1) is 12.2 Å². The zero-order valence-electron chi connectivity index (χ0n) is 20.3. The third kappa shape index (κ3) is 7.69. The minimum atomic E-state index is -0.934. The van der Waals surface area contributed by atoms with Gasteiger partial charge in [-0.15, -0.1) is 0 Å². The lowest BCUT2D eigenvalue weighted by Gasteiger charge is -2.27. The van der Waals surface area contributed by atoms with Gasteiger partial charge >= 0.3 is 0 Å². The number of benzene rings is 2. The molecule has 0 unspecified atom stereocenters. The summed E-state index contributed by atoms with van der Waals surface area (Å²) in [6.45, 7) is 6.97. The Morgan fingerprint density at radius 1 is 0.853 bits per heavy atom. The van der Waals surface area contributed by atoms with E-state index in [1.807, 2.05) is 6.07 Å². The molecule has 2 aliphatic rings. The number of hydrogen-bond acceptors (Lipinski definition) is 5. The van der Waals surface area contributed by atoms with Gasteiger partial charge in [-0.1, -0.05) is 30.7 Å². The van der Waals surface area contributed by atoms with E-state index in [-0.39, 0.29) is 12.4 Å². The minimum Gasteiger partial charge on any atom is -0.494 e. The number of ether oxygens (including phenoxy) is 2. The molecule has 5 nitrogen and oxygen atoms in total. The molecule has 0 amide bonds. The van der Waals surface area contributed by atoms with Crippen LogP contribution < -0.4 is 9.47 Å². The molecule has 186 valence electrons. The Morgan fingerprint density at radius 2 is 1.68 bits per heavy atom. The second kappa shape index (κ2) is 12.5. The third-order valence-electron chi connectivity index (χ3n) is 6.98. The fourth-order valence-electron chi connectivity index (χ4n) is 4.96. The van der Waals surface area contributed by atoms with Crippen LogP contribution >= 0.6 is 0 Å². The summed E-state index contributed by atoms with van der Waals surface area (Å²) in [4.78, 5) is 4.92. The molecule has 0 saturated carbocycles. The molecule has 0 bridgehead atoms. The predicted octanol–water partition coefficient (Wildman–Crippen LogP) is 4.88. The van der Waals surface area contributed by atoms with Crippen LogP contribution in [0.25, 0.3) is 0 Å². The molecule has 1 N–H and O–H groups in total. The number of para-hydroxylation sites is 1. The summed E-state index contributed by atoms with van der Waals surface area (Å²) in [6.07, 6.45) is 7.22. The quantitative estimate of drug-likeness (QED) is 0.502. The fraction of sp³-hybridized carbons (Fsp3) is 0.571. The summed E-state index contributed by atoms with van der Waals surface area (Å²) >= 11 is 0. The fourth-order valence-corrected chi connectivity index (χ4v) is 4.96. The number of hydrogen-bond donors (Lipinski definition) is 1. The van der Waals surface area contributed by atoms with E-state index >= 15 is 0 Å². The Hall–Kier alpha value is -2.15. The van der Waals surface area contributed by atoms with Gasteiger partial charge < -0.3 is 19.5 Å². The highest BCUT2D eigenvalue weighted by Crippen LogP contribution is 2.26. The summed E-state index contributed by atoms with van der Waals surface area (Å²) in [5.41, 5.74) is 0.290. The lowest BCUT2D eigenvalue weighted by molar-refractivity contribution is -0.0177. The highest BCUT2D eigenvalue weighted by molar-refractivity contribution is 5.28. The lowest BCUT2D eigenvalue weighted by Crippen LogP contribution is -2.37. The van der Waals surface area contributed by atoms with Crippen molar-refractivity contribution in [2.45, 2.75) is 57.1 Å². The van der Waals surface area contributed by atoms with E-state index < -0.39 is 11.4 Å². The standard InChI is InChI=1S/C28H39FN2O3/c29-26-11-2-3-12-27(26)34-23-28(32)13-7-17-31(19-14-28)22-24-9-6-10-25(21-24)33-20-8-18-30-15-4-1-5-16-30/h2-3,6,9-12,21,32H,1,4-5,7-8,13-20,22-23H2/t28-/m1/s1. The molecule has 34 heavy (non-hydrogen) atoms. The molecule has 2 aromatic carbocycles. The summed E-state index contributed by atoms with van der Waals surface area (Å²) in [5.74, 6) is 0.737. The first-order valence-electron chi connectivity index (χ1n) is 12.9. The molecule has 0 radical (unpaired) electrons. The maximum absolute atomic E-state index is 13.8. The van der Waals surface area contributed by atoms with Gasteiger partial charge in [0.2, 0.25) is 0 Å². The topological polar surface area (TPSA) is 45.2 Å². The Morgan fingerprint density at radius 3 is 2.53 bits per heavy atom. The maximum atomic E-state index is 13.8. The van der Waals surface area contributed by atoms with Crippen molar-refractivity contribution < 1.29 is 19.0 Å². The number of aliphatic hydroxyl groups is 1. The largest absolute Gasteiger partial charge is 0.494 e. The molecular formula is C28H39FN2O3. The van der Waals surface area contributed by atoms with Crippen LogP contribution in [0.4, 0.5) is 4.39 Å². The average Bonchev–Trinajstić information content (AvgIpc) is 3.04. The van der Waals surface area contributed by atoms with Crippen molar-refractivity contribution in [3.05, 3.63) is 59.9 Å². The van der Waals surface area contributed by atoms with Crippen molar-refractivity contribution in [2.24, 2.45) is 0 Å². The molecule has 2 fully saturated rings. The van der Waals surface area contributed by atoms with E-state index in [1.165, 1.54) is 44.0 Å². The van der Waals surface area contributed by atoms with Gasteiger partial charge in [0.25, 0.3) is 0 Å². The van der Waals surface area contributed by atoms with E-state index in [0.717, 1.165) is 51.4 Å². The van der Waals surface area contributed by atoms with E-state index in [2.05, 4.69) is 28.0 Å². The van der Waals surface area contributed by atoms with Gasteiger partial charge in [0.1, 0.15) is 12.4 Å². The summed E-state index contributed by atoms with van der Waals surface area (Å²) in [7, 11) is 0. The monoisotopic (exact) mass is 470 g/mol. The molecule has 0 spiro atoms. The number of halogens is 1. The van der Waals surface area contributed by atoms with Crippen LogP contribution in [-0.4, -0.2) is 66.4 Å².